The Labute approximate surface area is 119 Å². The highest BCUT2D eigenvalue weighted by Crippen LogP contribution is 2.38. The molecular formula is C17H19NO2. The molecule has 0 radical (unpaired) electrons. The van der Waals surface area contributed by atoms with Gasteiger partial charge in [0.25, 0.3) is 0 Å². The van der Waals surface area contributed by atoms with Gasteiger partial charge in [0, 0.05) is 11.5 Å². The van der Waals surface area contributed by atoms with Crippen molar-refractivity contribution in [1.29, 1.82) is 0 Å². The Morgan fingerprint density at radius 3 is 2.80 bits per heavy atom. The van der Waals surface area contributed by atoms with Gasteiger partial charge in [0.05, 0.1) is 13.2 Å². The number of benzene rings is 2. The van der Waals surface area contributed by atoms with E-state index >= 15 is 0 Å². The molecule has 0 bridgehead atoms. The Morgan fingerprint density at radius 2 is 2.00 bits per heavy atom. The van der Waals surface area contributed by atoms with E-state index in [1.165, 1.54) is 11.1 Å². The second kappa shape index (κ2) is 5.55. The largest absolute Gasteiger partial charge is 0.497 e. The Kier molecular flexibility index (Phi) is 3.61. The van der Waals surface area contributed by atoms with E-state index in [-0.39, 0.29) is 12.0 Å². The summed E-state index contributed by atoms with van der Waals surface area (Å²) in [5.41, 5.74) is 2.48. The van der Waals surface area contributed by atoms with Gasteiger partial charge in [0.2, 0.25) is 0 Å². The molecule has 20 heavy (non-hydrogen) atoms. The van der Waals surface area contributed by atoms with Crippen molar-refractivity contribution in [3.8, 4) is 11.5 Å². The van der Waals surface area contributed by atoms with Crippen molar-refractivity contribution in [2.75, 3.05) is 20.8 Å². The number of methoxy groups -OCH3 is 1. The third kappa shape index (κ3) is 2.25. The maximum atomic E-state index is 5.84. The van der Waals surface area contributed by atoms with Crippen LogP contribution in [0.2, 0.25) is 0 Å². The van der Waals surface area contributed by atoms with Gasteiger partial charge in [-0.15, -0.1) is 0 Å². The van der Waals surface area contributed by atoms with Gasteiger partial charge in [-0.2, -0.15) is 0 Å². The highest BCUT2D eigenvalue weighted by Gasteiger charge is 2.31. The third-order valence-corrected chi connectivity index (χ3v) is 3.90. The normalized spacial score (nSPS) is 20.9. The summed E-state index contributed by atoms with van der Waals surface area (Å²) in [6, 6.07) is 16.8. The topological polar surface area (TPSA) is 30.5 Å². The number of nitrogens with one attached hydrogen (secondary N) is 1. The monoisotopic (exact) mass is 269 g/mol. The molecule has 3 rings (SSSR count). The SMILES string of the molecule is CNC1COc2ccccc2C1c1cccc(OC)c1. The second-order valence-electron chi connectivity index (χ2n) is 5.00. The van der Waals surface area contributed by atoms with Crippen molar-refractivity contribution in [2.45, 2.75) is 12.0 Å². The van der Waals surface area contributed by atoms with Crippen molar-refractivity contribution < 1.29 is 9.47 Å². The van der Waals surface area contributed by atoms with Gasteiger partial charge in [-0.3, -0.25) is 0 Å². The molecular weight excluding hydrogens is 250 g/mol. The predicted molar refractivity (Wildman–Crippen MR) is 79.6 cm³/mol. The van der Waals surface area contributed by atoms with E-state index in [0.29, 0.717) is 6.61 Å². The average Bonchev–Trinajstić information content (AvgIpc) is 2.53. The van der Waals surface area contributed by atoms with Crippen molar-refractivity contribution >= 4 is 0 Å². The lowest BCUT2D eigenvalue weighted by Gasteiger charge is -2.34. The standard InChI is InChI=1S/C17H19NO2/c1-18-15-11-20-16-9-4-3-8-14(16)17(15)12-6-5-7-13(10-12)19-2/h3-10,15,17-18H,11H2,1-2H3. The molecule has 0 spiro atoms. The fraction of sp³-hybridized carbons (Fsp3) is 0.294. The molecule has 1 heterocycles. The van der Waals surface area contributed by atoms with Crippen LogP contribution in [0.3, 0.4) is 0 Å². The summed E-state index contributed by atoms with van der Waals surface area (Å²) in [5, 5.41) is 3.37. The summed E-state index contributed by atoms with van der Waals surface area (Å²) >= 11 is 0. The molecule has 2 aromatic carbocycles. The van der Waals surface area contributed by atoms with Crippen LogP contribution in [0.25, 0.3) is 0 Å². The van der Waals surface area contributed by atoms with E-state index in [1.54, 1.807) is 7.11 Å². The Hall–Kier alpha value is -2.00. The van der Waals surface area contributed by atoms with Gasteiger partial charge < -0.3 is 14.8 Å². The fourth-order valence-electron chi connectivity index (χ4n) is 2.86. The molecule has 0 amide bonds. The zero-order valence-corrected chi connectivity index (χ0v) is 11.8. The fourth-order valence-corrected chi connectivity index (χ4v) is 2.86. The molecule has 2 atom stereocenters. The van der Waals surface area contributed by atoms with Crippen molar-refractivity contribution in [2.24, 2.45) is 0 Å². The van der Waals surface area contributed by atoms with Crippen LogP contribution in [0.1, 0.15) is 17.0 Å². The molecule has 1 aliphatic heterocycles. The van der Waals surface area contributed by atoms with Crippen LogP contribution in [0.5, 0.6) is 11.5 Å². The van der Waals surface area contributed by atoms with Crippen LogP contribution >= 0.6 is 0 Å². The summed E-state index contributed by atoms with van der Waals surface area (Å²) in [7, 11) is 3.68. The van der Waals surface area contributed by atoms with Gasteiger partial charge in [-0.05, 0) is 30.8 Å². The van der Waals surface area contributed by atoms with Gasteiger partial charge in [0.15, 0.2) is 0 Å². The van der Waals surface area contributed by atoms with Crippen LogP contribution in [-0.4, -0.2) is 26.8 Å². The summed E-state index contributed by atoms with van der Waals surface area (Å²) in [6.07, 6.45) is 0. The molecule has 0 aliphatic carbocycles. The van der Waals surface area contributed by atoms with Crippen LogP contribution in [0.15, 0.2) is 48.5 Å². The molecule has 1 N–H and O–H groups in total. The molecule has 2 aromatic rings. The minimum absolute atomic E-state index is 0.261. The third-order valence-electron chi connectivity index (χ3n) is 3.90. The molecule has 104 valence electrons. The van der Waals surface area contributed by atoms with Gasteiger partial charge in [0.1, 0.15) is 18.1 Å². The van der Waals surface area contributed by atoms with Gasteiger partial charge in [-0.1, -0.05) is 30.3 Å². The highest BCUT2D eigenvalue weighted by molar-refractivity contribution is 5.46. The van der Waals surface area contributed by atoms with E-state index in [1.807, 2.05) is 31.3 Å². The number of rotatable bonds is 3. The van der Waals surface area contributed by atoms with E-state index < -0.39 is 0 Å². The minimum atomic E-state index is 0.261. The number of ether oxygens (including phenoxy) is 2. The Balaban J connectivity index is 2.08. The van der Waals surface area contributed by atoms with Crippen LogP contribution in [0, 0.1) is 0 Å². The van der Waals surface area contributed by atoms with E-state index in [2.05, 4.69) is 29.6 Å². The molecule has 1 aliphatic rings. The minimum Gasteiger partial charge on any atom is -0.497 e. The first-order chi connectivity index (χ1) is 9.83. The van der Waals surface area contributed by atoms with Crippen molar-refractivity contribution in [1.82, 2.24) is 5.32 Å². The van der Waals surface area contributed by atoms with Crippen LogP contribution in [0.4, 0.5) is 0 Å². The quantitative estimate of drug-likeness (QED) is 0.929. The maximum Gasteiger partial charge on any atom is 0.123 e. The van der Waals surface area contributed by atoms with E-state index in [9.17, 15) is 0 Å². The van der Waals surface area contributed by atoms with Crippen molar-refractivity contribution in [3.05, 3.63) is 59.7 Å². The number of hydrogen-bond donors (Lipinski definition) is 1. The number of fused-ring (bicyclic) bond motifs is 1. The Bertz CT molecular complexity index is 597. The second-order valence-corrected chi connectivity index (χ2v) is 5.00. The summed E-state index contributed by atoms with van der Waals surface area (Å²) < 4.78 is 11.2. The van der Waals surface area contributed by atoms with Crippen LogP contribution < -0.4 is 14.8 Å². The smallest absolute Gasteiger partial charge is 0.123 e. The molecule has 3 heteroatoms. The van der Waals surface area contributed by atoms with Crippen LogP contribution in [-0.2, 0) is 0 Å². The first-order valence-electron chi connectivity index (χ1n) is 6.86. The van der Waals surface area contributed by atoms with E-state index in [0.717, 1.165) is 11.5 Å². The van der Waals surface area contributed by atoms with Crippen molar-refractivity contribution in [3.63, 3.8) is 0 Å². The van der Waals surface area contributed by atoms with E-state index in [4.69, 9.17) is 9.47 Å². The lowest BCUT2D eigenvalue weighted by Crippen LogP contribution is -2.41. The predicted octanol–water partition coefficient (Wildman–Crippen LogP) is 2.81. The molecule has 0 saturated carbocycles. The lowest BCUT2D eigenvalue weighted by atomic mass is 9.83. The molecule has 0 saturated heterocycles. The molecule has 2 unspecified atom stereocenters. The number of para-hydroxylation sites is 1. The van der Waals surface area contributed by atoms with Gasteiger partial charge in [-0.25, -0.2) is 0 Å². The first-order valence-corrected chi connectivity index (χ1v) is 6.86. The number of hydrogen-bond acceptors (Lipinski definition) is 3. The summed E-state index contributed by atoms with van der Waals surface area (Å²) in [4.78, 5) is 0. The zero-order chi connectivity index (χ0) is 13.9. The molecule has 0 fully saturated rings. The maximum absolute atomic E-state index is 5.84. The molecule has 3 nitrogen and oxygen atoms in total. The number of likely N-dealkylation sites (N-methyl/N-ethyl adjacent to an activating group) is 1. The van der Waals surface area contributed by atoms with Gasteiger partial charge >= 0.3 is 0 Å². The Morgan fingerprint density at radius 1 is 1.15 bits per heavy atom. The average molecular weight is 269 g/mol. The summed E-state index contributed by atoms with van der Waals surface area (Å²) in [6.45, 7) is 0.676. The lowest BCUT2D eigenvalue weighted by molar-refractivity contribution is 0.231. The highest BCUT2D eigenvalue weighted by atomic mass is 16.5. The summed E-state index contributed by atoms with van der Waals surface area (Å²) in [5.74, 6) is 2.15. The molecule has 0 aromatic heterocycles. The zero-order valence-electron chi connectivity index (χ0n) is 11.8. The first kappa shape index (κ1) is 13.0.